The second-order valence-corrected chi connectivity index (χ2v) is 4.93. The summed E-state index contributed by atoms with van der Waals surface area (Å²) in [5.74, 6) is 2.17. The molecule has 0 saturated heterocycles. The molecule has 2 aromatic heterocycles. The van der Waals surface area contributed by atoms with Crippen LogP contribution in [0.2, 0.25) is 0 Å². The van der Waals surface area contributed by atoms with E-state index in [0.717, 1.165) is 19.5 Å². The lowest BCUT2D eigenvalue weighted by atomic mass is 10.2. The summed E-state index contributed by atoms with van der Waals surface area (Å²) in [5.41, 5.74) is 0. The van der Waals surface area contributed by atoms with Gasteiger partial charge in [-0.2, -0.15) is 20.1 Å². The van der Waals surface area contributed by atoms with Crippen molar-refractivity contribution in [2.24, 2.45) is 5.92 Å². The maximum Gasteiger partial charge on any atom is 0.257 e. The van der Waals surface area contributed by atoms with Crippen LogP contribution in [-0.2, 0) is 0 Å². The van der Waals surface area contributed by atoms with E-state index in [4.69, 9.17) is 0 Å². The standard InChI is InChI=1S/C13H21N7/c1-4-6-14-11-17-12(15-9-10(2)3)19-13(18-11)20-8-5-7-16-20/h5,7-8,10H,4,6,9H2,1-3H3,(H2,14,15,17,18,19). The van der Waals surface area contributed by atoms with E-state index in [0.29, 0.717) is 23.8 Å². The molecule has 2 aromatic rings. The van der Waals surface area contributed by atoms with Crippen molar-refractivity contribution < 1.29 is 0 Å². The Kier molecular flexibility index (Phi) is 4.86. The Labute approximate surface area is 118 Å². The normalized spacial score (nSPS) is 10.8. The Balaban J connectivity index is 2.24. The van der Waals surface area contributed by atoms with Crippen molar-refractivity contribution >= 4 is 11.9 Å². The molecular weight excluding hydrogens is 254 g/mol. The first-order valence-corrected chi connectivity index (χ1v) is 6.93. The molecule has 0 aromatic carbocycles. The van der Waals surface area contributed by atoms with Gasteiger partial charge in [0.2, 0.25) is 11.9 Å². The highest BCUT2D eigenvalue weighted by Gasteiger charge is 2.08. The summed E-state index contributed by atoms with van der Waals surface area (Å²) in [6.45, 7) is 8.01. The number of anilines is 2. The van der Waals surface area contributed by atoms with Crippen LogP contribution >= 0.6 is 0 Å². The Morgan fingerprint density at radius 3 is 2.50 bits per heavy atom. The summed E-state index contributed by atoms with van der Waals surface area (Å²) < 4.78 is 1.62. The Morgan fingerprint density at radius 1 is 1.15 bits per heavy atom. The minimum absolute atomic E-state index is 0.509. The van der Waals surface area contributed by atoms with E-state index in [1.54, 1.807) is 10.9 Å². The molecule has 2 rings (SSSR count). The lowest BCUT2D eigenvalue weighted by Gasteiger charge is -2.11. The van der Waals surface area contributed by atoms with E-state index >= 15 is 0 Å². The molecule has 108 valence electrons. The lowest BCUT2D eigenvalue weighted by molar-refractivity contribution is 0.682. The fraction of sp³-hybridized carbons (Fsp3) is 0.538. The molecule has 7 heteroatoms. The molecule has 0 bridgehead atoms. The molecule has 7 nitrogen and oxygen atoms in total. The van der Waals surface area contributed by atoms with Gasteiger partial charge in [-0.05, 0) is 18.4 Å². The molecule has 0 atom stereocenters. The summed E-state index contributed by atoms with van der Waals surface area (Å²) in [5, 5.41) is 10.6. The second-order valence-electron chi connectivity index (χ2n) is 4.93. The summed E-state index contributed by atoms with van der Waals surface area (Å²) in [7, 11) is 0. The van der Waals surface area contributed by atoms with Gasteiger partial charge in [-0.25, -0.2) is 4.68 Å². The van der Waals surface area contributed by atoms with Crippen molar-refractivity contribution in [3.63, 3.8) is 0 Å². The number of rotatable bonds is 7. The van der Waals surface area contributed by atoms with Crippen molar-refractivity contribution in [3.05, 3.63) is 18.5 Å². The van der Waals surface area contributed by atoms with Crippen molar-refractivity contribution in [1.29, 1.82) is 0 Å². The molecule has 0 amide bonds. The predicted molar refractivity (Wildman–Crippen MR) is 79.1 cm³/mol. The van der Waals surface area contributed by atoms with E-state index in [2.05, 4.69) is 51.5 Å². The molecule has 0 spiro atoms. The highest BCUT2D eigenvalue weighted by Crippen LogP contribution is 2.09. The third-order valence-electron chi connectivity index (χ3n) is 2.53. The van der Waals surface area contributed by atoms with Crippen LogP contribution in [0.25, 0.3) is 5.95 Å². The first-order valence-electron chi connectivity index (χ1n) is 6.93. The molecule has 0 unspecified atom stereocenters. The van der Waals surface area contributed by atoms with Gasteiger partial charge in [-0.1, -0.05) is 20.8 Å². The molecule has 0 fully saturated rings. The molecule has 0 aliphatic rings. The highest BCUT2D eigenvalue weighted by molar-refractivity contribution is 5.37. The average molecular weight is 275 g/mol. The van der Waals surface area contributed by atoms with Gasteiger partial charge in [0.25, 0.3) is 5.95 Å². The number of hydrogen-bond acceptors (Lipinski definition) is 6. The van der Waals surface area contributed by atoms with Gasteiger partial charge in [0.05, 0.1) is 0 Å². The fourth-order valence-electron chi connectivity index (χ4n) is 1.54. The minimum atomic E-state index is 0.509. The average Bonchev–Trinajstić information content (AvgIpc) is 2.97. The van der Waals surface area contributed by atoms with Crippen LogP contribution in [0.4, 0.5) is 11.9 Å². The van der Waals surface area contributed by atoms with Crippen molar-refractivity contribution in [2.45, 2.75) is 27.2 Å². The SMILES string of the molecule is CCCNc1nc(NCC(C)C)nc(-n2cccn2)n1. The van der Waals surface area contributed by atoms with E-state index in [1.807, 2.05) is 12.3 Å². The van der Waals surface area contributed by atoms with Crippen LogP contribution in [0.1, 0.15) is 27.2 Å². The molecule has 0 aliphatic carbocycles. The number of nitrogens with zero attached hydrogens (tertiary/aromatic N) is 5. The molecule has 2 heterocycles. The van der Waals surface area contributed by atoms with Crippen molar-refractivity contribution in [3.8, 4) is 5.95 Å². The summed E-state index contributed by atoms with van der Waals surface area (Å²) in [6, 6.07) is 1.84. The Bertz CT molecular complexity index is 522. The van der Waals surface area contributed by atoms with E-state index in [-0.39, 0.29) is 0 Å². The first kappa shape index (κ1) is 14.2. The van der Waals surface area contributed by atoms with Gasteiger partial charge < -0.3 is 10.6 Å². The van der Waals surface area contributed by atoms with E-state index in [1.165, 1.54) is 0 Å². The van der Waals surface area contributed by atoms with Gasteiger partial charge in [0.1, 0.15) is 0 Å². The van der Waals surface area contributed by atoms with Crippen molar-refractivity contribution in [2.75, 3.05) is 23.7 Å². The second kappa shape index (κ2) is 6.83. The molecule has 2 N–H and O–H groups in total. The first-order chi connectivity index (χ1) is 9.69. The zero-order chi connectivity index (χ0) is 14.4. The molecule has 0 saturated carbocycles. The zero-order valence-corrected chi connectivity index (χ0v) is 12.2. The minimum Gasteiger partial charge on any atom is -0.354 e. The predicted octanol–water partition coefficient (Wildman–Crippen LogP) is 1.95. The van der Waals surface area contributed by atoms with Gasteiger partial charge in [-0.3, -0.25) is 0 Å². The van der Waals surface area contributed by atoms with Crippen LogP contribution in [0.5, 0.6) is 0 Å². The molecular formula is C13H21N7. The van der Waals surface area contributed by atoms with Crippen LogP contribution in [0.15, 0.2) is 18.5 Å². The molecule has 20 heavy (non-hydrogen) atoms. The van der Waals surface area contributed by atoms with Crippen LogP contribution in [0, 0.1) is 5.92 Å². The summed E-state index contributed by atoms with van der Waals surface area (Å²) >= 11 is 0. The maximum absolute atomic E-state index is 4.38. The van der Waals surface area contributed by atoms with Gasteiger partial charge in [0, 0.05) is 25.5 Å². The van der Waals surface area contributed by atoms with Crippen LogP contribution < -0.4 is 10.6 Å². The monoisotopic (exact) mass is 275 g/mol. The lowest BCUT2D eigenvalue weighted by Crippen LogP contribution is -2.15. The Hall–Kier alpha value is -2.18. The number of aromatic nitrogens is 5. The summed E-state index contributed by atoms with van der Waals surface area (Å²) in [4.78, 5) is 13.1. The smallest absolute Gasteiger partial charge is 0.257 e. The van der Waals surface area contributed by atoms with Crippen LogP contribution in [-0.4, -0.2) is 37.8 Å². The third-order valence-corrected chi connectivity index (χ3v) is 2.53. The van der Waals surface area contributed by atoms with Gasteiger partial charge in [0.15, 0.2) is 0 Å². The summed E-state index contributed by atoms with van der Waals surface area (Å²) in [6.07, 6.45) is 4.52. The topological polar surface area (TPSA) is 80.5 Å². The largest absolute Gasteiger partial charge is 0.354 e. The molecule has 0 aliphatic heterocycles. The van der Waals surface area contributed by atoms with Gasteiger partial charge >= 0.3 is 0 Å². The third kappa shape index (κ3) is 3.91. The quantitative estimate of drug-likeness (QED) is 0.804. The number of hydrogen-bond donors (Lipinski definition) is 2. The molecule has 0 radical (unpaired) electrons. The highest BCUT2D eigenvalue weighted by atomic mass is 15.4. The maximum atomic E-state index is 4.38. The fourth-order valence-corrected chi connectivity index (χ4v) is 1.54. The zero-order valence-electron chi connectivity index (χ0n) is 12.2. The van der Waals surface area contributed by atoms with E-state index < -0.39 is 0 Å². The van der Waals surface area contributed by atoms with Crippen molar-refractivity contribution in [1.82, 2.24) is 24.7 Å². The van der Waals surface area contributed by atoms with E-state index in [9.17, 15) is 0 Å². The van der Waals surface area contributed by atoms with Gasteiger partial charge in [-0.15, -0.1) is 0 Å². The van der Waals surface area contributed by atoms with Crippen LogP contribution in [0.3, 0.4) is 0 Å². The Morgan fingerprint density at radius 2 is 1.90 bits per heavy atom. The number of nitrogens with one attached hydrogen (secondary N) is 2.